The van der Waals surface area contributed by atoms with E-state index in [9.17, 15) is 0 Å². The van der Waals surface area contributed by atoms with Gasteiger partial charge >= 0.3 is 0 Å². The number of rotatable bonds is 8. The first kappa shape index (κ1) is 21.8. The van der Waals surface area contributed by atoms with E-state index < -0.39 is 33.0 Å². The molecule has 0 atom stereocenters. The fourth-order valence-corrected chi connectivity index (χ4v) is 25.6. The molecule has 0 bridgehead atoms. The molecule has 0 aromatic carbocycles. The Morgan fingerprint density at radius 2 is 1.14 bits per heavy atom. The Morgan fingerprint density at radius 3 is 1.48 bits per heavy atom. The molecule has 128 valence electrons. The van der Waals surface area contributed by atoms with Gasteiger partial charge in [0.15, 0.2) is 25.0 Å². The molecule has 0 aliphatic heterocycles. The standard InChI is InChI=1S/C15H40O2Si4/c1-15(2,16-18(3,4)5)13-20(9,10)14-21(11,12)17-19(6,7)8/h13-14H2,1-12H3. The maximum absolute atomic E-state index is 6.56. The first-order valence-electron chi connectivity index (χ1n) is 8.23. The van der Waals surface area contributed by atoms with Gasteiger partial charge in [-0.05, 0) is 77.9 Å². The summed E-state index contributed by atoms with van der Waals surface area (Å²) < 4.78 is 13.0. The third-order valence-corrected chi connectivity index (χ3v) is 17.8. The molecule has 0 amide bonds. The maximum Gasteiger partial charge on any atom is 0.184 e. The zero-order valence-electron chi connectivity index (χ0n) is 16.7. The van der Waals surface area contributed by atoms with Crippen molar-refractivity contribution >= 4 is 33.0 Å². The van der Waals surface area contributed by atoms with Gasteiger partial charge in [-0.25, -0.2) is 0 Å². The first-order valence-corrected chi connectivity index (χ1v) is 21.6. The number of hydrogen-bond acceptors (Lipinski definition) is 2. The van der Waals surface area contributed by atoms with Crippen LogP contribution < -0.4 is 0 Å². The minimum Gasteiger partial charge on any atom is -0.456 e. The third kappa shape index (κ3) is 11.9. The lowest BCUT2D eigenvalue weighted by Crippen LogP contribution is -2.51. The van der Waals surface area contributed by atoms with Crippen LogP contribution in [0.15, 0.2) is 0 Å². The lowest BCUT2D eigenvalue weighted by Gasteiger charge is -2.42. The van der Waals surface area contributed by atoms with Crippen molar-refractivity contribution < 1.29 is 8.54 Å². The molecular formula is C15H40O2Si4. The predicted octanol–water partition coefficient (Wildman–Crippen LogP) is 5.92. The van der Waals surface area contributed by atoms with Gasteiger partial charge in [0.25, 0.3) is 0 Å². The van der Waals surface area contributed by atoms with Gasteiger partial charge in [-0.15, -0.1) is 0 Å². The van der Waals surface area contributed by atoms with Crippen molar-refractivity contribution in [2.24, 2.45) is 0 Å². The van der Waals surface area contributed by atoms with Gasteiger partial charge in [-0.2, -0.15) is 0 Å². The van der Waals surface area contributed by atoms with Gasteiger partial charge in [0.1, 0.15) is 0 Å². The van der Waals surface area contributed by atoms with Crippen molar-refractivity contribution in [1.82, 2.24) is 0 Å². The summed E-state index contributed by atoms with van der Waals surface area (Å²) >= 11 is 0. The highest BCUT2D eigenvalue weighted by Gasteiger charge is 2.40. The Hall–Kier alpha value is 0.788. The zero-order chi connectivity index (χ0) is 17.3. The summed E-state index contributed by atoms with van der Waals surface area (Å²) in [5.74, 6) is 0. The van der Waals surface area contributed by atoms with Crippen LogP contribution in [0.4, 0.5) is 0 Å². The van der Waals surface area contributed by atoms with Gasteiger partial charge in [0.2, 0.25) is 0 Å². The zero-order valence-corrected chi connectivity index (χ0v) is 20.7. The van der Waals surface area contributed by atoms with Crippen molar-refractivity contribution in [2.45, 2.75) is 96.6 Å². The summed E-state index contributed by atoms with van der Waals surface area (Å²) in [6, 6.07) is 1.23. The van der Waals surface area contributed by atoms with E-state index in [2.05, 4.69) is 79.3 Å². The molecule has 0 aromatic rings. The SMILES string of the molecule is CC(C)(C[Si](C)(C)C[Si](C)(C)O[Si](C)(C)C)O[Si](C)(C)C. The molecule has 0 aliphatic rings. The van der Waals surface area contributed by atoms with Crippen molar-refractivity contribution in [3.05, 3.63) is 0 Å². The monoisotopic (exact) mass is 364 g/mol. The second-order valence-corrected chi connectivity index (χ2v) is 29.6. The van der Waals surface area contributed by atoms with E-state index in [0.29, 0.717) is 0 Å². The van der Waals surface area contributed by atoms with Gasteiger partial charge in [0, 0.05) is 13.7 Å². The maximum atomic E-state index is 6.56. The predicted molar refractivity (Wildman–Crippen MR) is 108 cm³/mol. The van der Waals surface area contributed by atoms with Crippen LogP contribution in [0.1, 0.15) is 13.8 Å². The van der Waals surface area contributed by atoms with E-state index in [4.69, 9.17) is 8.54 Å². The van der Waals surface area contributed by atoms with Crippen LogP contribution in [-0.4, -0.2) is 38.6 Å². The highest BCUT2D eigenvalue weighted by molar-refractivity contribution is 6.96. The molecule has 0 fully saturated rings. The van der Waals surface area contributed by atoms with Crippen molar-refractivity contribution in [2.75, 3.05) is 0 Å². The molecule has 0 radical (unpaired) electrons. The van der Waals surface area contributed by atoms with Gasteiger partial charge in [0.05, 0.1) is 0 Å². The Labute approximate surface area is 138 Å². The molecule has 0 aliphatic carbocycles. The average molecular weight is 365 g/mol. The molecule has 0 spiro atoms. The molecule has 2 nitrogen and oxygen atoms in total. The van der Waals surface area contributed by atoms with Crippen LogP contribution in [0.2, 0.25) is 77.2 Å². The quantitative estimate of drug-likeness (QED) is 0.497. The van der Waals surface area contributed by atoms with Gasteiger partial charge < -0.3 is 8.54 Å². The normalized spacial score (nSPS) is 15.4. The topological polar surface area (TPSA) is 18.5 Å². The molecule has 0 saturated heterocycles. The fraction of sp³-hybridized carbons (Fsp3) is 1.00. The van der Waals surface area contributed by atoms with Crippen molar-refractivity contribution in [3.8, 4) is 0 Å². The second kappa shape index (κ2) is 6.73. The lowest BCUT2D eigenvalue weighted by atomic mass is 10.2. The van der Waals surface area contributed by atoms with Gasteiger partial charge in [-0.3, -0.25) is 0 Å². The highest BCUT2D eigenvalue weighted by atomic mass is 28.4. The average Bonchev–Trinajstić information content (AvgIpc) is 1.83. The summed E-state index contributed by atoms with van der Waals surface area (Å²) in [5, 5.41) is 0. The Bertz CT molecular complexity index is 307. The van der Waals surface area contributed by atoms with E-state index in [-0.39, 0.29) is 5.60 Å². The molecule has 0 saturated carbocycles. The van der Waals surface area contributed by atoms with E-state index in [1.807, 2.05) is 0 Å². The summed E-state index contributed by atoms with van der Waals surface area (Å²) in [6.07, 6.45) is 0. The van der Waals surface area contributed by atoms with Crippen LogP contribution >= 0.6 is 0 Å². The summed E-state index contributed by atoms with van der Waals surface area (Å²) in [5.41, 5.74) is 1.35. The van der Waals surface area contributed by atoms with Crippen LogP contribution in [-0.2, 0) is 8.54 Å². The Balaban J connectivity index is 4.83. The summed E-state index contributed by atoms with van der Waals surface area (Å²) in [6.45, 7) is 28.2. The Morgan fingerprint density at radius 1 is 0.714 bits per heavy atom. The van der Waals surface area contributed by atoms with E-state index in [1.165, 1.54) is 11.7 Å². The molecule has 6 heteroatoms. The first-order chi connectivity index (χ1) is 8.83. The van der Waals surface area contributed by atoms with Crippen LogP contribution in [0.3, 0.4) is 0 Å². The Kier molecular flexibility index (Phi) is 6.98. The van der Waals surface area contributed by atoms with Crippen molar-refractivity contribution in [1.29, 1.82) is 0 Å². The molecule has 0 heterocycles. The largest absolute Gasteiger partial charge is 0.456 e. The fourth-order valence-electron chi connectivity index (χ4n) is 4.10. The molecule has 0 rings (SSSR count). The lowest BCUT2D eigenvalue weighted by molar-refractivity contribution is 0.121. The van der Waals surface area contributed by atoms with E-state index >= 15 is 0 Å². The van der Waals surface area contributed by atoms with E-state index in [0.717, 1.165) is 0 Å². The van der Waals surface area contributed by atoms with Crippen LogP contribution in [0, 0.1) is 0 Å². The molecule has 0 unspecified atom stereocenters. The summed E-state index contributed by atoms with van der Waals surface area (Å²) in [4.78, 5) is 0. The smallest absolute Gasteiger partial charge is 0.184 e. The second-order valence-electron chi connectivity index (χ2n) is 10.5. The third-order valence-electron chi connectivity index (χ3n) is 2.97. The minimum absolute atomic E-state index is 0.0177. The molecule has 21 heavy (non-hydrogen) atoms. The van der Waals surface area contributed by atoms with E-state index in [1.54, 1.807) is 0 Å². The molecular weight excluding hydrogens is 325 g/mol. The molecule has 0 aromatic heterocycles. The molecule has 0 N–H and O–H groups in total. The number of hydrogen-bond donors (Lipinski definition) is 0. The van der Waals surface area contributed by atoms with Crippen molar-refractivity contribution in [3.63, 3.8) is 0 Å². The van der Waals surface area contributed by atoms with Crippen LogP contribution in [0.5, 0.6) is 0 Å². The highest BCUT2D eigenvalue weighted by Crippen LogP contribution is 2.33. The van der Waals surface area contributed by atoms with Crippen LogP contribution in [0.25, 0.3) is 0 Å². The minimum atomic E-state index is -1.55. The summed E-state index contributed by atoms with van der Waals surface area (Å²) in [7, 11) is -5.78. The van der Waals surface area contributed by atoms with Gasteiger partial charge in [-0.1, -0.05) is 13.1 Å².